The standard InChI is InChI=1S/C19H20O3/c1-14(2)12-15-8-10-16(11-9-15)13-18(19(20)21)22-17-6-4-3-5-7-17/h3-11,13-14H,12H2,1-2H3,(H,20,21). The highest BCUT2D eigenvalue weighted by molar-refractivity contribution is 5.90. The summed E-state index contributed by atoms with van der Waals surface area (Å²) in [5.74, 6) is -0.0807. The number of carboxylic acids is 1. The molecule has 0 saturated heterocycles. The molecule has 0 amide bonds. The summed E-state index contributed by atoms with van der Waals surface area (Å²) in [6.07, 6.45) is 2.55. The minimum atomic E-state index is -1.09. The van der Waals surface area contributed by atoms with Gasteiger partial charge in [0.15, 0.2) is 0 Å². The Labute approximate surface area is 130 Å². The average molecular weight is 296 g/mol. The van der Waals surface area contributed by atoms with Crippen LogP contribution in [0.4, 0.5) is 0 Å². The first-order valence-electron chi connectivity index (χ1n) is 7.31. The zero-order chi connectivity index (χ0) is 15.9. The van der Waals surface area contributed by atoms with Crippen molar-refractivity contribution >= 4 is 12.0 Å². The fourth-order valence-electron chi connectivity index (χ4n) is 2.12. The zero-order valence-electron chi connectivity index (χ0n) is 12.8. The van der Waals surface area contributed by atoms with E-state index < -0.39 is 5.97 Å². The highest BCUT2D eigenvalue weighted by atomic mass is 16.5. The molecule has 0 aliphatic carbocycles. The maximum atomic E-state index is 11.3. The van der Waals surface area contributed by atoms with Crippen molar-refractivity contribution in [2.75, 3.05) is 0 Å². The lowest BCUT2D eigenvalue weighted by atomic mass is 10.0. The largest absolute Gasteiger partial charge is 0.475 e. The fourth-order valence-corrected chi connectivity index (χ4v) is 2.12. The number of benzene rings is 2. The highest BCUT2D eigenvalue weighted by Gasteiger charge is 2.10. The van der Waals surface area contributed by atoms with E-state index in [2.05, 4.69) is 13.8 Å². The highest BCUT2D eigenvalue weighted by Crippen LogP contribution is 2.17. The van der Waals surface area contributed by atoms with E-state index in [0.29, 0.717) is 11.7 Å². The third-order valence-corrected chi connectivity index (χ3v) is 3.10. The molecule has 2 rings (SSSR count). The van der Waals surface area contributed by atoms with Crippen molar-refractivity contribution in [2.45, 2.75) is 20.3 Å². The zero-order valence-corrected chi connectivity index (χ0v) is 12.8. The second kappa shape index (κ2) is 7.46. The fraction of sp³-hybridized carbons (Fsp3) is 0.211. The van der Waals surface area contributed by atoms with Crippen molar-refractivity contribution in [3.8, 4) is 5.75 Å². The predicted octanol–water partition coefficient (Wildman–Crippen LogP) is 4.39. The summed E-state index contributed by atoms with van der Waals surface area (Å²) in [7, 11) is 0. The van der Waals surface area contributed by atoms with Gasteiger partial charge in [0.1, 0.15) is 5.75 Å². The molecular weight excluding hydrogens is 276 g/mol. The van der Waals surface area contributed by atoms with Crippen LogP contribution in [0.3, 0.4) is 0 Å². The van der Waals surface area contributed by atoms with Gasteiger partial charge in [-0.25, -0.2) is 4.79 Å². The third-order valence-electron chi connectivity index (χ3n) is 3.10. The van der Waals surface area contributed by atoms with Gasteiger partial charge in [0.2, 0.25) is 5.76 Å². The van der Waals surface area contributed by atoms with Gasteiger partial charge in [0, 0.05) is 0 Å². The number of hydrogen-bond donors (Lipinski definition) is 1. The van der Waals surface area contributed by atoms with Crippen molar-refractivity contribution in [3.63, 3.8) is 0 Å². The van der Waals surface area contributed by atoms with Crippen LogP contribution in [0.1, 0.15) is 25.0 Å². The second-order valence-electron chi connectivity index (χ2n) is 5.57. The van der Waals surface area contributed by atoms with Crippen molar-refractivity contribution in [1.29, 1.82) is 0 Å². The first-order valence-corrected chi connectivity index (χ1v) is 7.31. The number of carbonyl (C=O) groups is 1. The van der Waals surface area contributed by atoms with Crippen LogP contribution < -0.4 is 4.74 Å². The molecule has 3 nitrogen and oxygen atoms in total. The number of aliphatic carboxylic acids is 1. The van der Waals surface area contributed by atoms with Gasteiger partial charge in [0.25, 0.3) is 0 Å². The van der Waals surface area contributed by atoms with E-state index in [-0.39, 0.29) is 5.76 Å². The molecule has 114 valence electrons. The number of ether oxygens (including phenoxy) is 1. The summed E-state index contributed by atoms with van der Waals surface area (Å²) in [6, 6.07) is 16.8. The minimum Gasteiger partial charge on any atom is -0.475 e. The van der Waals surface area contributed by atoms with E-state index >= 15 is 0 Å². The van der Waals surface area contributed by atoms with Crippen LogP contribution in [0.5, 0.6) is 5.75 Å². The molecule has 3 heteroatoms. The molecule has 0 fully saturated rings. The predicted molar refractivity (Wildman–Crippen MR) is 87.7 cm³/mol. The van der Waals surface area contributed by atoms with Gasteiger partial charge in [-0.2, -0.15) is 0 Å². The lowest BCUT2D eigenvalue weighted by Gasteiger charge is -2.07. The first-order chi connectivity index (χ1) is 10.5. The normalized spacial score (nSPS) is 11.5. The van der Waals surface area contributed by atoms with Crippen LogP contribution in [-0.2, 0) is 11.2 Å². The lowest BCUT2D eigenvalue weighted by Crippen LogP contribution is -2.07. The summed E-state index contributed by atoms with van der Waals surface area (Å²) in [5.41, 5.74) is 2.05. The maximum absolute atomic E-state index is 11.3. The Balaban J connectivity index is 2.17. The number of para-hydroxylation sites is 1. The quantitative estimate of drug-likeness (QED) is 0.635. The molecule has 0 bridgehead atoms. The van der Waals surface area contributed by atoms with E-state index in [1.165, 1.54) is 11.6 Å². The van der Waals surface area contributed by atoms with E-state index in [9.17, 15) is 9.90 Å². The smallest absolute Gasteiger partial charge is 0.371 e. The monoisotopic (exact) mass is 296 g/mol. The summed E-state index contributed by atoms with van der Waals surface area (Å²) in [6.45, 7) is 4.34. The van der Waals surface area contributed by atoms with Crippen molar-refractivity contribution in [3.05, 3.63) is 71.5 Å². The second-order valence-corrected chi connectivity index (χ2v) is 5.57. The topological polar surface area (TPSA) is 46.5 Å². The van der Waals surface area contributed by atoms with Gasteiger partial charge in [-0.05, 0) is 41.7 Å². The number of rotatable bonds is 6. The van der Waals surface area contributed by atoms with Crippen molar-refractivity contribution < 1.29 is 14.6 Å². The summed E-state index contributed by atoms with van der Waals surface area (Å²) in [4.78, 5) is 11.3. The molecule has 0 saturated carbocycles. The molecule has 0 aromatic heterocycles. The molecular formula is C19H20O3. The Morgan fingerprint density at radius 1 is 1.09 bits per heavy atom. The van der Waals surface area contributed by atoms with E-state index in [1.807, 2.05) is 30.3 Å². The Bertz CT molecular complexity index is 640. The molecule has 2 aromatic carbocycles. The number of carboxylic acid groups (broad SMARTS) is 1. The molecule has 0 aliphatic heterocycles. The molecule has 2 aromatic rings. The van der Waals surface area contributed by atoms with Crippen molar-refractivity contribution in [1.82, 2.24) is 0 Å². The molecule has 0 radical (unpaired) electrons. The average Bonchev–Trinajstić information content (AvgIpc) is 2.49. The van der Waals surface area contributed by atoms with E-state index in [0.717, 1.165) is 12.0 Å². The van der Waals surface area contributed by atoms with Crippen LogP contribution >= 0.6 is 0 Å². The van der Waals surface area contributed by atoms with Gasteiger partial charge in [0.05, 0.1) is 0 Å². The van der Waals surface area contributed by atoms with Crippen LogP contribution in [0, 0.1) is 5.92 Å². The van der Waals surface area contributed by atoms with Crippen LogP contribution in [-0.4, -0.2) is 11.1 Å². The molecule has 0 aliphatic rings. The van der Waals surface area contributed by atoms with Gasteiger partial charge in [-0.3, -0.25) is 0 Å². The van der Waals surface area contributed by atoms with E-state index in [4.69, 9.17) is 4.74 Å². The lowest BCUT2D eigenvalue weighted by molar-refractivity contribution is -0.134. The summed E-state index contributed by atoms with van der Waals surface area (Å²) >= 11 is 0. The van der Waals surface area contributed by atoms with E-state index in [1.54, 1.807) is 24.3 Å². The molecule has 1 N–H and O–H groups in total. The molecule has 0 atom stereocenters. The minimum absolute atomic E-state index is 0.0946. The first kappa shape index (κ1) is 15.8. The van der Waals surface area contributed by atoms with Gasteiger partial charge in [-0.15, -0.1) is 0 Å². The Kier molecular flexibility index (Phi) is 5.37. The molecule has 0 heterocycles. The summed E-state index contributed by atoms with van der Waals surface area (Å²) in [5, 5.41) is 9.28. The SMILES string of the molecule is CC(C)Cc1ccc(C=C(Oc2ccccc2)C(=O)O)cc1. The Hall–Kier alpha value is -2.55. The summed E-state index contributed by atoms with van der Waals surface area (Å²) < 4.78 is 5.44. The number of hydrogen-bond acceptors (Lipinski definition) is 2. The van der Waals surface area contributed by atoms with Gasteiger partial charge in [-0.1, -0.05) is 56.3 Å². The Morgan fingerprint density at radius 2 is 1.73 bits per heavy atom. The van der Waals surface area contributed by atoms with Crippen LogP contribution in [0.2, 0.25) is 0 Å². The van der Waals surface area contributed by atoms with Crippen LogP contribution in [0.25, 0.3) is 6.08 Å². The van der Waals surface area contributed by atoms with Crippen LogP contribution in [0.15, 0.2) is 60.4 Å². The molecule has 0 unspecified atom stereocenters. The van der Waals surface area contributed by atoms with Gasteiger partial charge >= 0.3 is 5.97 Å². The molecule has 22 heavy (non-hydrogen) atoms. The van der Waals surface area contributed by atoms with Crippen molar-refractivity contribution in [2.24, 2.45) is 5.92 Å². The Morgan fingerprint density at radius 3 is 2.27 bits per heavy atom. The third kappa shape index (κ3) is 4.77. The maximum Gasteiger partial charge on any atom is 0.371 e. The van der Waals surface area contributed by atoms with Gasteiger partial charge < -0.3 is 9.84 Å². The molecule has 0 spiro atoms.